The molecule has 0 saturated heterocycles. The lowest BCUT2D eigenvalue weighted by atomic mass is 9.93. The number of rotatable bonds is 12. The van der Waals surface area contributed by atoms with Crippen LogP contribution in [0.15, 0.2) is 109 Å². The molecule has 0 unspecified atom stereocenters. The summed E-state index contributed by atoms with van der Waals surface area (Å²) in [5.41, 5.74) is 6.73. The van der Waals surface area contributed by atoms with E-state index in [0.29, 0.717) is 63.1 Å². The van der Waals surface area contributed by atoms with Gasteiger partial charge in [-0.25, -0.2) is 4.57 Å². The van der Waals surface area contributed by atoms with Crippen molar-refractivity contribution in [2.24, 2.45) is 0 Å². The number of carbonyl (C=O) groups excluding carboxylic acids is 2. The van der Waals surface area contributed by atoms with Gasteiger partial charge in [-0.2, -0.15) is 0 Å². The van der Waals surface area contributed by atoms with Crippen LogP contribution < -0.4 is 19.3 Å². The zero-order chi connectivity index (χ0) is 38.1. The van der Waals surface area contributed by atoms with Crippen LogP contribution in [0.25, 0.3) is 16.8 Å². The van der Waals surface area contributed by atoms with Gasteiger partial charge in [0.15, 0.2) is 11.5 Å². The highest BCUT2D eigenvalue weighted by Gasteiger charge is 2.32. The monoisotopic (exact) mass is 758 g/mol. The molecule has 280 valence electrons. The average molecular weight is 759 g/mol. The maximum atomic E-state index is 14.5. The molecule has 0 bridgehead atoms. The molecule has 0 saturated carbocycles. The Morgan fingerprint density at radius 3 is 2.35 bits per heavy atom. The van der Waals surface area contributed by atoms with Gasteiger partial charge in [0.25, 0.3) is 5.91 Å². The van der Waals surface area contributed by atoms with Crippen molar-refractivity contribution in [1.29, 1.82) is 0 Å². The van der Waals surface area contributed by atoms with Crippen molar-refractivity contribution < 1.29 is 37.2 Å². The van der Waals surface area contributed by atoms with E-state index in [1.165, 1.54) is 5.56 Å². The van der Waals surface area contributed by atoms with Gasteiger partial charge in [-0.15, -0.1) is 0 Å². The quantitative estimate of drug-likeness (QED) is 0.0955. The van der Waals surface area contributed by atoms with Gasteiger partial charge in [-0.3, -0.25) is 23.6 Å². The van der Waals surface area contributed by atoms with Crippen molar-refractivity contribution in [3.63, 3.8) is 0 Å². The molecular formula is C42H39N4O8P. The zero-order valence-corrected chi connectivity index (χ0v) is 31.5. The summed E-state index contributed by atoms with van der Waals surface area (Å²) in [5, 5.41) is 3.29. The van der Waals surface area contributed by atoms with Crippen LogP contribution in [-0.4, -0.2) is 52.0 Å². The Labute approximate surface area is 318 Å². The lowest BCUT2D eigenvalue weighted by Crippen LogP contribution is -2.42. The van der Waals surface area contributed by atoms with Crippen LogP contribution in [-0.2, 0) is 26.6 Å². The molecule has 0 radical (unpaired) electrons. The fraction of sp³-hybridized carbons (Fsp3) is 0.214. The van der Waals surface area contributed by atoms with Crippen LogP contribution in [0.2, 0.25) is 0 Å². The van der Waals surface area contributed by atoms with Gasteiger partial charge < -0.3 is 28.6 Å². The predicted octanol–water partition coefficient (Wildman–Crippen LogP) is 8.85. The third-order valence-electron chi connectivity index (χ3n) is 9.63. The fourth-order valence-corrected chi connectivity index (χ4v) is 8.24. The molecule has 1 N–H and O–H groups in total. The van der Waals surface area contributed by atoms with Crippen molar-refractivity contribution in [3.8, 4) is 28.5 Å². The van der Waals surface area contributed by atoms with Crippen LogP contribution in [0.1, 0.15) is 58.3 Å². The van der Waals surface area contributed by atoms with E-state index in [4.69, 9.17) is 23.0 Å². The first-order valence-corrected chi connectivity index (χ1v) is 19.6. The van der Waals surface area contributed by atoms with Gasteiger partial charge in [-0.05, 0) is 105 Å². The number of nitrogens with zero attached hydrogens (tertiary/aromatic N) is 3. The zero-order valence-electron chi connectivity index (χ0n) is 30.6. The molecule has 13 heteroatoms. The molecule has 8 rings (SSSR count). The summed E-state index contributed by atoms with van der Waals surface area (Å²) in [4.78, 5) is 35.2. The molecule has 3 aromatic carbocycles. The molecule has 0 fully saturated rings. The minimum Gasteiger partial charge on any atom is -0.454 e. The number of phosphoric acid groups is 1. The molecule has 55 heavy (non-hydrogen) atoms. The number of hydrogen-bond acceptors (Lipinski definition) is 10. The highest BCUT2D eigenvalue weighted by atomic mass is 31.2. The van der Waals surface area contributed by atoms with Crippen molar-refractivity contribution in [1.82, 2.24) is 14.3 Å². The molecule has 1 amide bonds. The van der Waals surface area contributed by atoms with Crippen molar-refractivity contribution >= 4 is 36.4 Å². The van der Waals surface area contributed by atoms with Crippen LogP contribution in [0, 0.1) is 0 Å². The third-order valence-corrected chi connectivity index (χ3v) is 11.2. The number of carbonyl (C=O) groups is 2. The van der Waals surface area contributed by atoms with Crippen LogP contribution in [0.4, 0.5) is 11.4 Å². The normalized spacial score (nSPS) is 14.8. The largest absolute Gasteiger partial charge is 0.530 e. The molecule has 5 heterocycles. The summed E-state index contributed by atoms with van der Waals surface area (Å²) in [5.74, 6) is 0.924. The first kappa shape index (κ1) is 36.1. The smallest absolute Gasteiger partial charge is 0.454 e. The number of anilines is 2. The maximum absolute atomic E-state index is 14.5. The van der Waals surface area contributed by atoms with E-state index < -0.39 is 7.82 Å². The number of benzene rings is 3. The maximum Gasteiger partial charge on any atom is 0.530 e. The minimum absolute atomic E-state index is 0.0282. The second-order valence-electron chi connectivity index (χ2n) is 13.2. The second-order valence-corrected chi connectivity index (χ2v) is 14.8. The van der Waals surface area contributed by atoms with E-state index in [1.807, 2.05) is 58.0 Å². The summed E-state index contributed by atoms with van der Waals surface area (Å²) in [6, 6.07) is 29.4. The molecule has 0 spiro atoms. The Balaban J connectivity index is 1.10. The molecule has 2 aliphatic heterocycles. The van der Waals surface area contributed by atoms with Crippen molar-refractivity contribution in [3.05, 3.63) is 137 Å². The molecule has 2 aliphatic rings. The number of fused-ring (bicyclic) bond motifs is 3. The predicted molar refractivity (Wildman–Crippen MR) is 207 cm³/mol. The molecular weight excluding hydrogens is 719 g/mol. The number of aromatic nitrogens is 2. The van der Waals surface area contributed by atoms with Gasteiger partial charge in [0, 0.05) is 41.9 Å². The van der Waals surface area contributed by atoms with Gasteiger partial charge >= 0.3 is 7.82 Å². The highest BCUT2D eigenvalue weighted by Crippen LogP contribution is 2.49. The van der Waals surface area contributed by atoms with E-state index in [1.54, 1.807) is 62.5 Å². The molecule has 3 aromatic heterocycles. The number of amides is 1. The van der Waals surface area contributed by atoms with Crippen LogP contribution in [0.3, 0.4) is 0 Å². The third kappa shape index (κ3) is 7.19. The lowest BCUT2D eigenvalue weighted by Gasteiger charge is -2.35. The summed E-state index contributed by atoms with van der Waals surface area (Å²) in [6.07, 6.45) is 4.20. The minimum atomic E-state index is -3.74. The van der Waals surface area contributed by atoms with Gasteiger partial charge in [0.1, 0.15) is 11.4 Å². The number of pyridine rings is 2. The number of nitrogens with one attached hydrogen (secondary N) is 1. The Morgan fingerprint density at radius 1 is 0.855 bits per heavy atom. The van der Waals surface area contributed by atoms with E-state index in [9.17, 15) is 14.2 Å². The van der Waals surface area contributed by atoms with Gasteiger partial charge in [-0.1, -0.05) is 30.3 Å². The SMILES string of the molecule is CCOP(=O)(OCC)Oc1ccc(Nc2ccnc(C(=O)c3cc(-c4cc5c(cc4C(=O)N4Cc6ccccc6C[C@H]4C)OCO5)n4ccccc34)c2)cc1. The molecule has 1 atom stereocenters. The summed E-state index contributed by atoms with van der Waals surface area (Å²) in [7, 11) is -3.74. The number of hydrogen-bond donors (Lipinski definition) is 1. The lowest BCUT2D eigenvalue weighted by molar-refractivity contribution is 0.0658. The second kappa shape index (κ2) is 15.1. The Bertz CT molecular complexity index is 2450. The molecule has 6 aromatic rings. The summed E-state index contributed by atoms with van der Waals surface area (Å²) < 4.78 is 42.2. The van der Waals surface area contributed by atoms with Crippen molar-refractivity contribution in [2.45, 2.75) is 39.8 Å². The Hall–Kier alpha value is -5.94. The van der Waals surface area contributed by atoms with Crippen LogP contribution in [0.5, 0.6) is 17.2 Å². The van der Waals surface area contributed by atoms with E-state index >= 15 is 0 Å². The first-order valence-electron chi connectivity index (χ1n) is 18.1. The standard InChI is InChI=1S/C42H39N4O8P/c1-4-52-55(49,53-5-2)54-32-15-13-30(14-16-32)44-31-17-18-43-36(21-31)41(47)35-22-38(45-19-9-8-12-37(35)45)33-23-39-40(51-26-50-39)24-34(33)42(48)46-25-29-11-7-6-10-28(29)20-27(46)3/h6-19,21-24,27H,4-5,20,25-26H2,1-3H3,(H,43,44)/t27-/m1/s1. The number of ketones is 1. The Morgan fingerprint density at radius 2 is 1.58 bits per heavy atom. The number of phosphoric ester groups is 1. The highest BCUT2D eigenvalue weighted by molar-refractivity contribution is 7.48. The van der Waals surface area contributed by atoms with E-state index in [-0.39, 0.29) is 43.4 Å². The summed E-state index contributed by atoms with van der Waals surface area (Å²) in [6.45, 7) is 6.37. The van der Waals surface area contributed by atoms with Gasteiger partial charge in [0.2, 0.25) is 12.6 Å². The topological polar surface area (TPSA) is 130 Å². The van der Waals surface area contributed by atoms with Crippen molar-refractivity contribution in [2.75, 3.05) is 25.3 Å². The van der Waals surface area contributed by atoms with E-state index in [2.05, 4.69) is 29.4 Å². The Kier molecular flexibility index (Phi) is 9.87. The number of ether oxygens (including phenoxy) is 2. The summed E-state index contributed by atoms with van der Waals surface area (Å²) >= 11 is 0. The average Bonchev–Trinajstić information content (AvgIpc) is 3.82. The fourth-order valence-electron chi connectivity index (χ4n) is 7.05. The molecule has 12 nitrogen and oxygen atoms in total. The van der Waals surface area contributed by atoms with E-state index in [0.717, 1.165) is 12.0 Å². The first-order chi connectivity index (χ1) is 26.7. The molecule has 0 aliphatic carbocycles. The van der Waals surface area contributed by atoms with Gasteiger partial charge in [0.05, 0.1) is 35.6 Å². The van der Waals surface area contributed by atoms with Crippen LogP contribution >= 0.6 is 7.82 Å².